The van der Waals surface area contributed by atoms with Gasteiger partial charge in [-0.25, -0.2) is 14.8 Å². The third kappa shape index (κ3) is 8.42. The van der Waals surface area contributed by atoms with Gasteiger partial charge in [-0.1, -0.05) is 30.3 Å². The van der Waals surface area contributed by atoms with E-state index in [1.807, 2.05) is 6.92 Å². The molecular formula is C23H25ClF3N7O2S. The fraction of sp³-hybridized carbons (Fsp3) is 0.391. The highest BCUT2D eigenvalue weighted by Gasteiger charge is 2.27. The van der Waals surface area contributed by atoms with E-state index < -0.39 is 12.6 Å². The summed E-state index contributed by atoms with van der Waals surface area (Å²) in [5, 5.41) is 21.3. The number of halogens is 4. The molecule has 2 amide bonds. The first kappa shape index (κ1) is 28.4. The molecule has 0 bridgehead atoms. The Morgan fingerprint density at radius 3 is 2.81 bits per heavy atom. The molecule has 1 aliphatic heterocycles. The highest BCUT2D eigenvalue weighted by Crippen LogP contribution is 2.37. The van der Waals surface area contributed by atoms with Crippen LogP contribution in [0.15, 0.2) is 29.3 Å². The maximum absolute atomic E-state index is 12.4. The van der Waals surface area contributed by atoms with E-state index in [9.17, 15) is 18.0 Å². The van der Waals surface area contributed by atoms with Crippen LogP contribution in [0.3, 0.4) is 0 Å². The van der Waals surface area contributed by atoms with Gasteiger partial charge in [0.1, 0.15) is 11.5 Å². The topological polar surface area (TPSA) is 136 Å². The molecule has 0 radical (unpaired) electrons. The number of urea groups is 1. The fourth-order valence-corrected chi connectivity index (χ4v) is 4.36. The number of aromatic nitrogens is 2. The molecule has 9 nitrogen and oxygen atoms in total. The molecule has 37 heavy (non-hydrogen) atoms. The highest BCUT2D eigenvalue weighted by atomic mass is 35.5. The Hall–Kier alpha value is -3.19. The molecule has 1 aliphatic rings. The average molecular weight is 556 g/mol. The molecule has 0 spiro atoms. The largest absolute Gasteiger partial charge is 0.494 e. The zero-order valence-electron chi connectivity index (χ0n) is 19.8. The summed E-state index contributed by atoms with van der Waals surface area (Å²) in [4.78, 5) is 25.1. The Labute approximate surface area is 220 Å². The highest BCUT2D eigenvalue weighted by molar-refractivity contribution is 8.14. The molecule has 1 aromatic heterocycles. The van der Waals surface area contributed by atoms with E-state index in [0.717, 1.165) is 12.6 Å². The van der Waals surface area contributed by atoms with Gasteiger partial charge in [0, 0.05) is 24.7 Å². The summed E-state index contributed by atoms with van der Waals surface area (Å²) in [6, 6.07) is 5.96. The van der Waals surface area contributed by atoms with E-state index in [1.165, 1.54) is 11.8 Å². The van der Waals surface area contributed by atoms with Crippen LogP contribution in [0.1, 0.15) is 43.0 Å². The number of amides is 2. The summed E-state index contributed by atoms with van der Waals surface area (Å²) in [5.41, 5.74) is 1.07. The lowest BCUT2D eigenvalue weighted by atomic mass is 10.1. The van der Waals surface area contributed by atoms with Gasteiger partial charge in [0.25, 0.3) is 0 Å². The number of hydrogen-bond donors (Lipinski definition) is 4. The van der Waals surface area contributed by atoms with Crippen LogP contribution >= 0.6 is 23.4 Å². The molecule has 198 valence electrons. The predicted octanol–water partition coefficient (Wildman–Crippen LogP) is 5.39. The van der Waals surface area contributed by atoms with Crippen LogP contribution in [0.5, 0.6) is 5.75 Å². The summed E-state index contributed by atoms with van der Waals surface area (Å²) < 4.78 is 42.7. The Morgan fingerprint density at radius 1 is 1.32 bits per heavy atom. The van der Waals surface area contributed by atoms with Crippen LogP contribution in [-0.2, 0) is 0 Å². The second kappa shape index (κ2) is 12.9. The summed E-state index contributed by atoms with van der Waals surface area (Å²) in [6.45, 7) is 2.66. The van der Waals surface area contributed by atoms with Crippen LogP contribution in [0.4, 0.5) is 18.0 Å². The van der Waals surface area contributed by atoms with E-state index in [-0.39, 0.29) is 35.8 Å². The smallest absolute Gasteiger partial charge is 0.389 e. The number of benzene rings is 1. The van der Waals surface area contributed by atoms with E-state index >= 15 is 0 Å². The van der Waals surface area contributed by atoms with Crippen LogP contribution < -0.4 is 15.4 Å². The molecule has 14 heteroatoms. The molecule has 2 aromatic rings. The second-order valence-electron chi connectivity index (χ2n) is 7.90. The monoisotopic (exact) mass is 555 g/mol. The van der Waals surface area contributed by atoms with Gasteiger partial charge < -0.3 is 15.5 Å². The molecule has 0 aliphatic carbocycles. The number of amidine groups is 1. The number of thioether (sulfide) groups is 1. The lowest BCUT2D eigenvalue weighted by Crippen LogP contribution is -2.38. The lowest BCUT2D eigenvalue weighted by molar-refractivity contribution is -0.136. The van der Waals surface area contributed by atoms with Crippen molar-refractivity contribution >= 4 is 46.5 Å². The molecule has 2 heterocycles. The number of aliphatic imine (C=N–C) groups is 1. The van der Waals surface area contributed by atoms with Gasteiger partial charge in [0.2, 0.25) is 0 Å². The second-order valence-corrected chi connectivity index (χ2v) is 9.50. The zero-order chi connectivity index (χ0) is 27.0. The van der Waals surface area contributed by atoms with Crippen LogP contribution in [-0.4, -0.2) is 59.0 Å². The third-order valence-electron chi connectivity index (χ3n) is 4.96. The summed E-state index contributed by atoms with van der Waals surface area (Å²) >= 11 is 7.70. The van der Waals surface area contributed by atoms with E-state index in [1.54, 1.807) is 24.3 Å². The molecule has 4 N–H and O–H groups in total. The number of ether oxygens (including phenoxy) is 1. The fourth-order valence-electron chi connectivity index (χ4n) is 3.18. The van der Waals surface area contributed by atoms with E-state index in [4.69, 9.17) is 27.2 Å². The van der Waals surface area contributed by atoms with Crippen molar-refractivity contribution < 1.29 is 22.7 Å². The molecule has 1 atom stereocenters. The minimum Gasteiger partial charge on any atom is -0.494 e. The summed E-state index contributed by atoms with van der Waals surface area (Å²) in [6.07, 6.45) is -3.78. The number of carbonyl (C=O) groups excluding carboxylic acids is 1. The van der Waals surface area contributed by atoms with Crippen molar-refractivity contribution in [2.75, 3.05) is 19.7 Å². The number of nitrogens with zero attached hydrogens (tertiary/aromatic N) is 3. The number of alkyl halides is 3. The van der Waals surface area contributed by atoms with Crippen LogP contribution in [0.2, 0.25) is 5.02 Å². The number of nitrogens with one attached hydrogen (secondary N) is 4. The van der Waals surface area contributed by atoms with Gasteiger partial charge >= 0.3 is 12.2 Å². The SMILES string of the molecule is CCCNC(=O)NC1=NCC(c2cc(-c3cc(OCCCC(F)(F)F)ccc3Cl)nc(C(=N)C=N)n2)S1. The summed E-state index contributed by atoms with van der Waals surface area (Å²) in [7, 11) is 0. The van der Waals surface area contributed by atoms with Gasteiger partial charge in [0.05, 0.1) is 34.8 Å². The van der Waals surface area contributed by atoms with Crippen molar-refractivity contribution in [3.8, 4) is 17.0 Å². The maximum Gasteiger partial charge on any atom is 0.389 e. The molecule has 0 fully saturated rings. The molecule has 1 aromatic carbocycles. The molecule has 0 saturated heterocycles. The first-order valence-corrected chi connectivity index (χ1v) is 12.6. The van der Waals surface area contributed by atoms with Gasteiger partial charge in [-0.15, -0.1) is 0 Å². The lowest BCUT2D eigenvalue weighted by Gasteiger charge is -2.14. The number of rotatable bonds is 10. The van der Waals surface area contributed by atoms with E-state index in [0.29, 0.717) is 46.0 Å². The normalized spacial score (nSPS) is 15.2. The van der Waals surface area contributed by atoms with Gasteiger partial charge in [-0.05, 0) is 37.1 Å². The van der Waals surface area contributed by atoms with Crippen molar-refractivity contribution in [1.82, 2.24) is 20.6 Å². The Balaban J connectivity index is 1.82. The van der Waals surface area contributed by atoms with Gasteiger partial charge in [-0.3, -0.25) is 15.7 Å². The minimum atomic E-state index is -4.25. The predicted molar refractivity (Wildman–Crippen MR) is 138 cm³/mol. The van der Waals surface area contributed by atoms with Crippen molar-refractivity contribution in [1.29, 1.82) is 10.8 Å². The standard InChI is InChI=1S/C23H25ClF3N7O2S/c1-2-7-30-21(35)34-22-31-12-19(37-22)18-10-17(32-20(33-18)16(29)11-28)14-9-13(4-5-15(14)24)36-8-3-6-23(25,26)27/h4-5,9-11,19,28-29H,2-3,6-8,12H2,1H3,(H2,30,31,34,35). The average Bonchev–Trinajstić information content (AvgIpc) is 3.33. The first-order valence-electron chi connectivity index (χ1n) is 11.3. The molecule has 1 unspecified atom stereocenters. The van der Waals surface area contributed by atoms with Crippen molar-refractivity contribution in [3.05, 3.63) is 40.8 Å². The number of hydrogen-bond acceptors (Lipinski definition) is 8. The quantitative estimate of drug-likeness (QED) is 0.230. The van der Waals surface area contributed by atoms with Gasteiger partial charge in [-0.2, -0.15) is 13.2 Å². The summed E-state index contributed by atoms with van der Waals surface area (Å²) in [5.74, 6) is 0.311. The van der Waals surface area contributed by atoms with E-state index in [2.05, 4.69) is 25.6 Å². The van der Waals surface area contributed by atoms with Crippen LogP contribution in [0.25, 0.3) is 11.3 Å². The van der Waals surface area contributed by atoms with Crippen molar-refractivity contribution in [2.45, 2.75) is 37.6 Å². The maximum atomic E-state index is 12.4. The number of carbonyl (C=O) groups is 1. The van der Waals surface area contributed by atoms with Crippen molar-refractivity contribution in [3.63, 3.8) is 0 Å². The first-order chi connectivity index (χ1) is 17.6. The molecular weight excluding hydrogens is 531 g/mol. The molecule has 3 rings (SSSR count). The van der Waals surface area contributed by atoms with Gasteiger partial charge in [0.15, 0.2) is 11.0 Å². The third-order valence-corrected chi connectivity index (χ3v) is 6.42. The molecule has 0 saturated carbocycles. The zero-order valence-corrected chi connectivity index (χ0v) is 21.4. The Morgan fingerprint density at radius 2 is 2.11 bits per heavy atom. The minimum absolute atomic E-state index is 0.00207. The van der Waals surface area contributed by atoms with Crippen LogP contribution in [0, 0.1) is 10.8 Å². The van der Waals surface area contributed by atoms with Crippen molar-refractivity contribution in [2.24, 2.45) is 4.99 Å². The Kier molecular flexibility index (Phi) is 9.86. The Bertz CT molecular complexity index is 1190.